The highest BCUT2D eigenvalue weighted by Gasteiger charge is 2.36. The van der Waals surface area contributed by atoms with Crippen molar-refractivity contribution in [1.29, 1.82) is 0 Å². The van der Waals surface area contributed by atoms with Gasteiger partial charge in [0.25, 0.3) is 11.7 Å². The van der Waals surface area contributed by atoms with Gasteiger partial charge in [-0.05, 0) is 18.6 Å². The van der Waals surface area contributed by atoms with Crippen molar-refractivity contribution in [1.82, 2.24) is 15.0 Å². The van der Waals surface area contributed by atoms with E-state index in [4.69, 9.17) is 0 Å². The standard InChI is InChI=1S/C13H12N4O2/c1-8-4-3-5-10-11(8)17(13(19)12(10)18)7-9-6-16(2)15-14-9/h3-6H,7H2,1-2H3. The topological polar surface area (TPSA) is 68.1 Å². The monoisotopic (exact) mass is 256 g/mol. The van der Waals surface area contributed by atoms with Crippen LogP contribution in [0.5, 0.6) is 0 Å². The van der Waals surface area contributed by atoms with Gasteiger partial charge < -0.3 is 0 Å². The number of para-hydroxylation sites is 1. The summed E-state index contributed by atoms with van der Waals surface area (Å²) in [6.45, 7) is 2.14. The summed E-state index contributed by atoms with van der Waals surface area (Å²) in [6, 6.07) is 5.35. The number of amides is 1. The third-order valence-electron chi connectivity index (χ3n) is 3.16. The molecule has 0 radical (unpaired) electrons. The zero-order valence-electron chi connectivity index (χ0n) is 10.6. The molecule has 2 aromatic rings. The van der Waals surface area contributed by atoms with Crippen LogP contribution in [0, 0.1) is 6.92 Å². The molecular formula is C13H12N4O2. The number of anilines is 1. The van der Waals surface area contributed by atoms with E-state index in [9.17, 15) is 9.59 Å². The SMILES string of the molecule is Cc1cccc2c1N(Cc1cn(C)nn1)C(=O)C2=O. The van der Waals surface area contributed by atoms with Crippen LogP contribution < -0.4 is 4.90 Å². The average molecular weight is 256 g/mol. The number of fused-ring (bicyclic) bond motifs is 1. The molecule has 0 unspecified atom stereocenters. The van der Waals surface area contributed by atoms with Gasteiger partial charge in [-0.1, -0.05) is 17.3 Å². The largest absolute Gasteiger partial charge is 0.299 e. The third-order valence-corrected chi connectivity index (χ3v) is 3.16. The summed E-state index contributed by atoms with van der Waals surface area (Å²) < 4.78 is 1.57. The molecule has 0 N–H and O–H groups in total. The lowest BCUT2D eigenvalue weighted by molar-refractivity contribution is -0.114. The Balaban J connectivity index is 2.04. The summed E-state index contributed by atoms with van der Waals surface area (Å²) >= 11 is 0. The highest BCUT2D eigenvalue weighted by Crippen LogP contribution is 2.32. The molecule has 3 rings (SSSR count). The summed E-state index contributed by atoms with van der Waals surface area (Å²) in [5.41, 5.74) is 2.71. The number of carbonyl (C=O) groups is 2. The number of hydrogen-bond acceptors (Lipinski definition) is 4. The molecule has 0 atom stereocenters. The van der Waals surface area contributed by atoms with Crippen molar-refractivity contribution in [2.45, 2.75) is 13.5 Å². The van der Waals surface area contributed by atoms with Crippen molar-refractivity contribution in [3.63, 3.8) is 0 Å². The molecule has 1 aliphatic rings. The minimum absolute atomic E-state index is 0.260. The van der Waals surface area contributed by atoms with E-state index < -0.39 is 11.7 Å². The summed E-state index contributed by atoms with van der Waals surface area (Å²) in [7, 11) is 1.76. The molecular weight excluding hydrogens is 244 g/mol. The smallest absolute Gasteiger partial charge is 0.298 e. The lowest BCUT2D eigenvalue weighted by Crippen LogP contribution is -2.29. The molecule has 1 aliphatic heterocycles. The van der Waals surface area contributed by atoms with Crippen LogP contribution in [0.3, 0.4) is 0 Å². The van der Waals surface area contributed by atoms with Gasteiger partial charge in [0.05, 0.1) is 17.8 Å². The zero-order chi connectivity index (χ0) is 13.6. The second-order valence-electron chi connectivity index (χ2n) is 4.58. The minimum Gasteiger partial charge on any atom is -0.298 e. The maximum Gasteiger partial charge on any atom is 0.299 e. The van der Waals surface area contributed by atoms with Crippen LogP contribution in [-0.4, -0.2) is 26.7 Å². The van der Waals surface area contributed by atoms with Crippen molar-refractivity contribution < 1.29 is 9.59 Å². The zero-order valence-corrected chi connectivity index (χ0v) is 10.6. The van der Waals surface area contributed by atoms with E-state index in [1.54, 1.807) is 30.1 Å². The first-order valence-electron chi connectivity index (χ1n) is 5.89. The van der Waals surface area contributed by atoms with E-state index in [0.29, 0.717) is 16.9 Å². The first-order chi connectivity index (χ1) is 9.08. The number of hydrogen-bond donors (Lipinski definition) is 0. The van der Waals surface area contributed by atoms with E-state index >= 15 is 0 Å². The quantitative estimate of drug-likeness (QED) is 0.747. The first kappa shape index (κ1) is 11.6. The molecule has 0 bridgehead atoms. The van der Waals surface area contributed by atoms with Gasteiger partial charge >= 0.3 is 0 Å². The summed E-state index contributed by atoms with van der Waals surface area (Å²) in [5, 5.41) is 7.77. The molecule has 96 valence electrons. The van der Waals surface area contributed by atoms with Crippen LogP contribution in [0.15, 0.2) is 24.4 Å². The van der Waals surface area contributed by atoms with Gasteiger partial charge in [0.2, 0.25) is 0 Å². The second-order valence-corrected chi connectivity index (χ2v) is 4.58. The fourth-order valence-electron chi connectivity index (χ4n) is 2.32. The summed E-state index contributed by atoms with van der Waals surface area (Å²) in [4.78, 5) is 25.4. The van der Waals surface area contributed by atoms with Gasteiger partial charge in [0, 0.05) is 13.2 Å². The molecule has 1 aromatic heterocycles. The predicted molar refractivity (Wildman–Crippen MR) is 67.7 cm³/mol. The van der Waals surface area contributed by atoms with Crippen LogP contribution in [-0.2, 0) is 18.4 Å². The van der Waals surface area contributed by atoms with Gasteiger partial charge in [0.15, 0.2) is 0 Å². The third kappa shape index (κ3) is 1.72. The highest BCUT2D eigenvalue weighted by molar-refractivity contribution is 6.52. The fourth-order valence-corrected chi connectivity index (χ4v) is 2.32. The van der Waals surface area contributed by atoms with Crippen LogP contribution in [0.1, 0.15) is 21.6 Å². The van der Waals surface area contributed by atoms with Crippen LogP contribution in [0.25, 0.3) is 0 Å². The molecule has 0 saturated heterocycles. The number of nitrogens with zero attached hydrogens (tertiary/aromatic N) is 4. The van der Waals surface area contributed by atoms with Crippen molar-refractivity contribution in [2.24, 2.45) is 7.05 Å². The lowest BCUT2D eigenvalue weighted by atomic mass is 10.1. The Morgan fingerprint density at radius 3 is 2.74 bits per heavy atom. The molecule has 0 fully saturated rings. The molecule has 19 heavy (non-hydrogen) atoms. The molecule has 1 amide bonds. The number of aromatic nitrogens is 3. The number of benzene rings is 1. The Kier molecular flexibility index (Phi) is 2.45. The number of aryl methyl sites for hydroxylation is 2. The molecule has 0 aliphatic carbocycles. The Morgan fingerprint density at radius 2 is 2.05 bits per heavy atom. The maximum absolute atomic E-state index is 12.0. The molecule has 2 heterocycles. The molecule has 0 saturated carbocycles. The van der Waals surface area contributed by atoms with E-state index in [0.717, 1.165) is 5.56 Å². The van der Waals surface area contributed by atoms with Gasteiger partial charge in [-0.15, -0.1) is 5.10 Å². The minimum atomic E-state index is -0.505. The predicted octanol–water partition coefficient (Wildman–Crippen LogP) is 0.853. The van der Waals surface area contributed by atoms with E-state index in [1.165, 1.54) is 4.90 Å². The fraction of sp³-hybridized carbons (Fsp3) is 0.231. The summed E-state index contributed by atoms with van der Waals surface area (Å²) in [6.07, 6.45) is 1.73. The molecule has 6 heteroatoms. The van der Waals surface area contributed by atoms with Crippen molar-refractivity contribution in [3.8, 4) is 0 Å². The van der Waals surface area contributed by atoms with Gasteiger partial charge in [0.1, 0.15) is 5.69 Å². The first-order valence-corrected chi connectivity index (χ1v) is 5.89. The van der Waals surface area contributed by atoms with E-state index in [2.05, 4.69) is 10.3 Å². The highest BCUT2D eigenvalue weighted by atomic mass is 16.2. The molecule has 1 aromatic carbocycles. The maximum atomic E-state index is 12.0. The normalized spacial score (nSPS) is 14.1. The van der Waals surface area contributed by atoms with Crippen molar-refractivity contribution >= 4 is 17.4 Å². The van der Waals surface area contributed by atoms with Gasteiger partial charge in [-0.25, -0.2) is 0 Å². The number of carbonyl (C=O) groups excluding carboxylic acids is 2. The molecule has 6 nitrogen and oxygen atoms in total. The van der Waals surface area contributed by atoms with Crippen LogP contribution in [0.4, 0.5) is 5.69 Å². The molecule has 0 spiro atoms. The summed E-state index contributed by atoms with van der Waals surface area (Å²) in [5.74, 6) is -0.961. The lowest BCUT2D eigenvalue weighted by Gasteiger charge is -2.16. The van der Waals surface area contributed by atoms with Crippen LogP contribution >= 0.6 is 0 Å². The number of Topliss-reactive ketones (excluding diaryl/α,β-unsaturated/α-hetero) is 1. The Labute approximate surface area is 109 Å². The van der Waals surface area contributed by atoms with Crippen molar-refractivity contribution in [3.05, 3.63) is 41.2 Å². The second kappa shape index (κ2) is 4.01. The Morgan fingerprint density at radius 1 is 1.26 bits per heavy atom. The van der Waals surface area contributed by atoms with E-state index in [1.807, 2.05) is 13.0 Å². The van der Waals surface area contributed by atoms with Crippen LogP contribution in [0.2, 0.25) is 0 Å². The number of ketones is 1. The average Bonchev–Trinajstić information content (AvgIpc) is 2.89. The van der Waals surface area contributed by atoms with E-state index in [-0.39, 0.29) is 6.54 Å². The van der Waals surface area contributed by atoms with Crippen molar-refractivity contribution in [2.75, 3.05) is 4.90 Å². The van der Waals surface area contributed by atoms with Gasteiger partial charge in [-0.2, -0.15) is 0 Å². The Hall–Kier alpha value is -2.50. The number of rotatable bonds is 2. The Bertz CT molecular complexity index is 690. The van der Waals surface area contributed by atoms with Gasteiger partial charge in [-0.3, -0.25) is 19.2 Å².